The number of hydrogen-bond donors (Lipinski definition) is 3. The zero-order valence-corrected chi connectivity index (χ0v) is 16.1. The molecule has 5 nitrogen and oxygen atoms in total. The molecule has 3 N–H and O–H groups in total. The first-order valence-corrected chi connectivity index (χ1v) is 9.99. The SMILES string of the molecule is Cc1cccc(C)c1NC(=O)CNC(=O)C[NH+]1CC[C@@H]2CCCC[C@@H]2C1. The van der Waals surface area contributed by atoms with E-state index >= 15 is 0 Å². The number of hydrogen-bond acceptors (Lipinski definition) is 2. The van der Waals surface area contributed by atoms with Crippen molar-refractivity contribution in [3.8, 4) is 0 Å². The first-order chi connectivity index (χ1) is 12.5. The number of likely N-dealkylation sites (tertiary alicyclic amines) is 1. The molecular formula is C21H32N3O2+. The summed E-state index contributed by atoms with van der Waals surface area (Å²) in [5.74, 6) is 1.49. The quantitative estimate of drug-likeness (QED) is 0.746. The molecule has 0 aromatic heterocycles. The summed E-state index contributed by atoms with van der Waals surface area (Å²) in [6, 6.07) is 5.92. The van der Waals surface area contributed by atoms with E-state index in [2.05, 4.69) is 10.6 Å². The van der Waals surface area contributed by atoms with Crippen LogP contribution < -0.4 is 15.5 Å². The van der Waals surface area contributed by atoms with Gasteiger partial charge in [-0.3, -0.25) is 9.59 Å². The van der Waals surface area contributed by atoms with Crippen LogP contribution >= 0.6 is 0 Å². The fraction of sp³-hybridized carbons (Fsp3) is 0.619. The number of carbonyl (C=O) groups excluding carboxylic acids is 2. The molecule has 1 saturated heterocycles. The van der Waals surface area contributed by atoms with Crippen LogP contribution in [0.2, 0.25) is 0 Å². The van der Waals surface area contributed by atoms with Gasteiger partial charge in [0.15, 0.2) is 6.54 Å². The number of benzene rings is 1. The van der Waals surface area contributed by atoms with Crippen molar-refractivity contribution in [2.45, 2.75) is 46.0 Å². The predicted molar refractivity (Wildman–Crippen MR) is 103 cm³/mol. The number of amides is 2. The maximum absolute atomic E-state index is 12.3. The van der Waals surface area contributed by atoms with Crippen LogP contribution in [0.15, 0.2) is 18.2 Å². The topological polar surface area (TPSA) is 62.6 Å². The number of para-hydroxylation sites is 1. The highest BCUT2D eigenvalue weighted by atomic mass is 16.2. The number of aryl methyl sites for hydroxylation is 2. The van der Waals surface area contributed by atoms with Gasteiger partial charge in [-0.05, 0) is 50.2 Å². The molecule has 2 fully saturated rings. The molecule has 0 spiro atoms. The molecule has 2 aliphatic rings. The molecule has 3 rings (SSSR count). The van der Waals surface area contributed by atoms with Crippen LogP contribution in [0.1, 0.15) is 43.2 Å². The molecule has 26 heavy (non-hydrogen) atoms. The van der Waals surface area contributed by atoms with Gasteiger partial charge in [0, 0.05) is 11.6 Å². The Hall–Kier alpha value is -1.88. The fourth-order valence-corrected chi connectivity index (χ4v) is 4.62. The molecule has 5 heteroatoms. The third-order valence-electron chi connectivity index (χ3n) is 6.09. The monoisotopic (exact) mass is 358 g/mol. The van der Waals surface area contributed by atoms with Crippen molar-refractivity contribution in [3.63, 3.8) is 0 Å². The molecule has 0 bridgehead atoms. The van der Waals surface area contributed by atoms with Gasteiger partial charge in [-0.15, -0.1) is 0 Å². The number of nitrogens with one attached hydrogen (secondary N) is 3. The van der Waals surface area contributed by atoms with Crippen LogP contribution in [0.5, 0.6) is 0 Å². The molecular weight excluding hydrogens is 326 g/mol. The van der Waals surface area contributed by atoms with Gasteiger partial charge in [-0.25, -0.2) is 0 Å². The Morgan fingerprint density at radius 2 is 1.73 bits per heavy atom. The number of rotatable bonds is 5. The van der Waals surface area contributed by atoms with Gasteiger partial charge in [0.25, 0.3) is 5.91 Å². The Balaban J connectivity index is 1.42. The summed E-state index contributed by atoms with van der Waals surface area (Å²) < 4.78 is 0. The van der Waals surface area contributed by atoms with E-state index in [4.69, 9.17) is 0 Å². The van der Waals surface area contributed by atoms with E-state index in [-0.39, 0.29) is 18.4 Å². The van der Waals surface area contributed by atoms with Crippen molar-refractivity contribution in [1.29, 1.82) is 0 Å². The average Bonchev–Trinajstić information content (AvgIpc) is 2.63. The molecule has 142 valence electrons. The predicted octanol–water partition coefficient (Wildman–Crippen LogP) is 1.45. The van der Waals surface area contributed by atoms with E-state index in [1.165, 1.54) is 37.0 Å². The van der Waals surface area contributed by atoms with Crippen LogP contribution in [0.3, 0.4) is 0 Å². The van der Waals surface area contributed by atoms with Crippen LogP contribution in [0.25, 0.3) is 0 Å². The highest BCUT2D eigenvalue weighted by Gasteiger charge is 2.34. The third kappa shape index (κ3) is 4.85. The summed E-state index contributed by atoms with van der Waals surface area (Å²) >= 11 is 0. The summed E-state index contributed by atoms with van der Waals surface area (Å²) in [6.07, 6.45) is 6.68. The molecule has 1 heterocycles. The highest BCUT2D eigenvalue weighted by molar-refractivity contribution is 5.95. The molecule has 1 aliphatic carbocycles. The Morgan fingerprint density at radius 1 is 1.04 bits per heavy atom. The minimum atomic E-state index is -0.170. The van der Waals surface area contributed by atoms with Crippen LogP contribution in [-0.2, 0) is 9.59 Å². The second-order valence-corrected chi connectivity index (χ2v) is 8.07. The Bertz CT molecular complexity index is 638. The first kappa shape index (κ1) is 18.9. The summed E-state index contributed by atoms with van der Waals surface area (Å²) in [5.41, 5.74) is 2.91. The fourth-order valence-electron chi connectivity index (χ4n) is 4.62. The minimum Gasteiger partial charge on any atom is -0.342 e. The Kier molecular flexibility index (Phi) is 6.30. The molecule has 1 aliphatic heterocycles. The van der Waals surface area contributed by atoms with E-state index in [1.54, 1.807) is 0 Å². The summed E-state index contributed by atoms with van der Waals surface area (Å²) in [6.45, 7) is 6.67. The van der Waals surface area contributed by atoms with Crippen molar-refractivity contribution in [3.05, 3.63) is 29.3 Å². The second-order valence-electron chi connectivity index (χ2n) is 8.07. The summed E-state index contributed by atoms with van der Waals surface area (Å²) in [7, 11) is 0. The lowest BCUT2D eigenvalue weighted by Crippen LogP contribution is -3.15. The van der Waals surface area contributed by atoms with Gasteiger partial charge in [0.05, 0.1) is 19.6 Å². The number of anilines is 1. The van der Waals surface area contributed by atoms with Gasteiger partial charge >= 0.3 is 0 Å². The van der Waals surface area contributed by atoms with Crippen molar-refractivity contribution in [1.82, 2.24) is 5.32 Å². The van der Waals surface area contributed by atoms with E-state index in [0.29, 0.717) is 6.54 Å². The number of fused-ring (bicyclic) bond motifs is 1. The molecule has 2 amide bonds. The Labute approximate surface area is 156 Å². The Morgan fingerprint density at radius 3 is 2.46 bits per heavy atom. The van der Waals surface area contributed by atoms with E-state index in [9.17, 15) is 9.59 Å². The average molecular weight is 359 g/mol. The van der Waals surface area contributed by atoms with Gasteiger partial charge < -0.3 is 15.5 Å². The lowest BCUT2D eigenvalue weighted by atomic mass is 9.75. The van der Waals surface area contributed by atoms with Gasteiger partial charge in [0.1, 0.15) is 0 Å². The standard InChI is InChI=1S/C21H31N3O2/c1-15-6-5-7-16(2)21(15)23-19(25)12-22-20(26)14-24-11-10-17-8-3-4-9-18(17)13-24/h5-7,17-18H,3-4,8-14H2,1-2H3,(H,22,26)(H,23,25)/p+1/t17-,18+/m0/s1. The van der Waals surface area contributed by atoms with Crippen molar-refractivity contribution in [2.24, 2.45) is 11.8 Å². The molecule has 1 aromatic rings. The lowest BCUT2D eigenvalue weighted by Gasteiger charge is -2.38. The summed E-state index contributed by atoms with van der Waals surface area (Å²) in [5, 5.41) is 5.70. The molecule has 0 radical (unpaired) electrons. The zero-order chi connectivity index (χ0) is 18.5. The maximum Gasteiger partial charge on any atom is 0.275 e. The zero-order valence-electron chi connectivity index (χ0n) is 16.1. The molecule has 1 saturated carbocycles. The smallest absolute Gasteiger partial charge is 0.275 e. The molecule has 1 aromatic carbocycles. The van der Waals surface area contributed by atoms with Gasteiger partial charge in [-0.1, -0.05) is 31.0 Å². The van der Waals surface area contributed by atoms with Crippen molar-refractivity contribution in [2.75, 3.05) is 31.5 Å². The summed E-state index contributed by atoms with van der Waals surface area (Å²) in [4.78, 5) is 25.8. The number of quaternary nitrogens is 1. The van der Waals surface area contributed by atoms with Crippen LogP contribution in [-0.4, -0.2) is 38.0 Å². The van der Waals surface area contributed by atoms with Crippen molar-refractivity contribution >= 4 is 17.5 Å². The van der Waals surface area contributed by atoms with Gasteiger partial charge in [-0.2, -0.15) is 0 Å². The first-order valence-electron chi connectivity index (χ1n) is 9.99. The van der Waals surface area contributed by atoms with Gasteiger partial charge in [0.2, 0.25) is 5.91 Å². The van der Waals surface area contributed by atoms with E-state index < -0.39 is 0 Å². The number of piperidine rings is 1. The second kappa shape index (κ2) is 8.67. The maximum atomic E-state index is 12.3. The lowest BCUT2D eigenvalue weighted by molar-refractivity contribution is -0.902. The van der Waals surface area contributed by atoms with Crippen LogP contribution in [0.4, 0.5) is 5.69 Å². The largest absolute Gasteiger partial charge is 0.342 e. The van der Waals surface area contributed by atoms with E-state index in [1.807, 2.05) is 32.0 Å². The minimum absolute atomic E-state index is 0.0223. The third-order valence-corrected chi connectivity index (χ3v) is 6.09. The van der Waals surface area contributed by atoms with Crippen LogP contribution in [0, 0.1) is 25.7 Å². The molecule has 3 atom stereocenters. The highest BCUT2D eigenvalue weighted by Crippen LogP contribution is 2.32. The molecule has 1 unspecified atom stereocenters. The number of carbonyl (C=O) groups is 2. The normalized spacial score (nSPS) is 25.2. The van der Waals surface area contributed by atoms with Crippen molar-refractivity contribution < 1.29 is 14.5 Å². The van der Waals surface area contributed by atoms with E-state index in [0.717, 1.165) is 41.7 Å².